The summed E-state index contributed by atoms with van der Waals surface area (Å²) in [6.07, 6.45) is 4.04. The van der Waals surface area contributed by atoms with E-state index in [0.29, 0.717) is 36.6 Å². The van der Waals surface area contributed by atoms with Crippen LogP contribution in [0.25, 0.3) is 11.4 Å². The molecule has 1 aliphatic carbocycles. The molecule has 1 amide bonds. The molecule has 5 rings (SSSR count). The minimum absolute atomic E-state index is 0.0869. The van der Waals surface area contributed by atoms with Gasteiger partial charge in [-0.2, -0.15) is 4.98 Å². The molecule has 2 saturated heterocycles. The van der Waals surface area contributed by atoms with Crippen LogP contribution in [0.4, 0.5) is 0 Å². The molecule has 2 aliphatic heterocycles. The average molecular weight is 369 g/mol. The van der Waals surface area contributed by atoms with Crippen molar-refractivity contribution in [3.8, 4) is 17.1 Å². The third-order valence-electron chi connectivity index (χ3n) is 5.51. The number of nitrogens with zero attached hydrogens (tertiary/aromatic N) is 3. The van der Waals surface area contributed by atoms with Crippen LogP contribution < -0.4 is 4.74 Å². The summed E-state index contributed by atoms with van der Waals surface area (Å²) in [7, 11) is 0. The van der Waals surface area contributed by atoms with Gasteiger partial charge in [0.1, 0.15) is 11.9 Å². The SMILES string of the molecule is O=C(C1CC1)N1CC(Oc2ccc(-c3noc(C4CCOCC4)n3)cc2)C1. The largest absolute Gasteiger partial charge is 0.487 e. The third-order valence-corrected chi connectivity index (χ3v) is 5.51. The summed E-state index contributed by atoms with van der Waals surface area (Å²) in [5.41, 5.74) is 0.906. The smallest absolute Gasteiger partial charge is 0.230 e. The number of hydrogen-bond acceptors (Lipinski definition) is 6. The van der Waals surface area contributed by atoms with Crippen LogP contribution in [0.3, 0.4) is 0 Å². The van der Waals surface area contributed by atoms with Crippen molar-refractivity contribution in [1.82, 2.24) is 15.0 Å². The lowest BCUT2D eigenvalue weighted by molar-refractivity contribution is -0.141. The molecule has 27 heavy (non-hydrogen) atoms. The molecule has 1 aromatic carbocycles. The first-order valence-electron chi connectivity index (χ1n) is 9.73. The summed E-state index contributed by atoms with van der Waals surface area (Å²) in [6, 6.07) is 7.73. The number of rotatable bonds is 5. The summed E-state index contributed by atoms with van der Waals surface area (Å²) in [6.45, 7) is 2.88. The van der Waals surface area contributed by atoms with E-state index in [0.717, 1.165) is 50.2 Å². The molecule has 3 fully saturated rings. The summed E-state index contributed by atoms with van der Waals surface area (Å²) < 4.78 is 16.8. The molecule has 142 valence electrons. The normalized spacial score (nSPS) is 21.1. The molecule has 7 nitrogen and oxygen atoms in total. The highest BCUT2D eigenvalue weighted by Gasteiger charge is 2.40. The van der Waals surface area contributed by atoms with Gasteiger partial charge in [-0.05, 0) is 49.9 Å². The Morgan fingerprint density at radius 2 is 1.81 bits per heavy atom. The Kier molecular flexibility index (Phi) is 4.32. The van der Waals surface area contributed by atoms with Crippen LogP contribution in [-0.2, 0) is 9.53 Å². The maximum absolute atomic E-state index is 11.9. The van der Waals surface area contributed by atoms with E-state index in [9.17, 15) is 4.79 Å². The van der Waals surface area contributed by atoms with Crippen molar-refractivity contribution in [2.45, 2.75) is 37.7 Å². The molecule has 7 heteroatoms. The minimum Gasteiger partial charge on any atom is -0.487 e. The van der Waals surface area contributed by atoms with E-state index in [1.807, 2.05) is 29.2 Å². The zero-order chi connectivity index (χ0) is 18.2. The van der Waals surface area contributed by atoms with Gasteiger partial charge in [-0.3, -0.25) is 4.79 Å². The Morgan fingerprint density at radius 1 is 1.07 bits per heavy atom. The molecule has 1 saturated carbocycles. The number of ether oxygens (including phenoxy) is 2. The predicted molar refractivity (Wildman–Crippen MR) is 96.2 cm³/mol. The van der Waals surface area contributed by atoms with Crippen molar-refractivity contribution in [1.29, 1.82) is 0 Å². The fourth-order valence-corrected chi connectivity index (χ4v) is 3.62. The Hall–Kier alpha value is -2.41. The van der Waals surface area contributed by atoms with Crippen molar-refractivity contribution >= 4 is 5.91 Å². The quantitative estimate of drug-likeness (QED) is 0.806. The molecular weight excluding hydrogens is 346 g/mol. The second kappa shape index (κ2) is 6.96. The number of benzene rings is 1. The maximum Gasteiger partial charge on any atom is 0.230 e. The van der Waals surface area contributed by atoms with Crippen LogP contribution in [0.5, 0.6) is 5.75 Å². The van der Waals surface area contributed by atoms with Gasteiger partial charge in [-0.25, -0.2) is 0 Å². The zero-order valence-electron chi connectivity index (χ0n) is 15.2. The van der Waals surface area contributed by atoms with E-state index in [1.54, 1.807) is 0 Å². The average Bonchev–Trinajstić information content (AvgIpc) is 3.42. The molecule has 2 aromatic rings. The Labute approximate surface area is 157 Å². The van der Waals surface area contributed by atoms with Crippen molar-refractivity contribution in [3.05, 3.63) is 30.2 Å². The fourth-order valence-electron chi connectivity index (χ4n) is 3.62. The van der Waals surface area contributed by atoms with Crippen molar-refractivity contribution in [2.24, 2.45) is 5.92 Å². The molecule has 0 radical (unpaired) electrons. The van der Waals surface area contributed by atoms with E-state index in [2.05, 4.69) is 10.1 Å². The van der Waals surface area contributed by atoms with Gasteiger partial charge in [0, 0.05) is 30.6 Å². The molecule has 1 aromatic heterocycles. The molecule has 0 N–H and O–H groups in total. The van der Waals surface area contributed by atoms with E-state index in [1.165, 1.54) is 0 Å². The highest BCUT2D eigenvalue weighted by Crippen LogP contribution is 2.33. The highest BCUT2D eigenvalue weighted by molar-refractivity contribution is 5.81. The molecule has 3 heterocycles. The molecule has 0 atom stereocenters. The van der Waals surface area contributed by atoms with E-state index < -0.39 is 0 Å². The van der Waals surface area contributed by atoms with Gasteiger partial charge >= 0.3 is 0 Å². The van der Waals surface area contributed by atoms with Crippen LogP contribution >= 0.6 is 0 Å². The second-order valence-corrected chi connectivity index (χ2v) is 7.62. The molecule has 0 bridgehead atoms. The highest BCUT2D eigenvalue weighted by atomic mass is 16.5. The number of likely N-dealkylation sites (tertiary alicyclic amines) is 1. The number of carbonyl (C=O) groups is 1. The molecule has 0 spiro atoms. The predicted octanol–water partition coefficient (Wildman–Crippen LogP) is 2.63. The summed E-state index contributed by atoms with van der Waals surface area (Å²) >= 11 is 0. The monoisotopic (exact) mass is 369 g/mol. The van der Waals surface area contributed by atoms with Gasteiger partial charge < -0.3 is 18.9 Å². The first kappa shape index (κ1) is 16.7. The van der Waals surface area contributed by atoms with Crippen molar-refractivity contribution < 1.29 is 18.8 Å². The number of aromatic nitrogens is 2. The first-order chi connectivity index (χ1) is 13.3. The molecular formula is C20H23N3O4. The van der Waals surface area contributed by atoms with Gasteiger partial charge in [0.05, 0.1) is 13.1 Å². The second-order valence-electron chi connectivity index (χ2n) is 7.62. The van der Waals surface area contributed by atoms with Crippen LogP contribution in [0.15, 0.2) is 28.8 Å². The van der Waals surface area contributed by atoms with Crippen molar-refractivity contribution in [2.75, 3.05) is 26.3 Å². The van der Waals surface area contributed by atoms with Crippen LogP contribution in [-0.4, -0.2) is 53.4 Å². The topological polar surface area (TPSA) is 77.7 Å². The van der Waals surface area contributed by atoms with E-state index in [4.69, 9.17) is 14.0 Å². The standard InChI is InChI=1S/C20H23N3O4/c24-20(15-1-2-15)23-11-17(12-23)26-16-5-3-13(4-6-16)18-21-19(27-22-18)14-7-9-25-10-8-14/h3-6,14-15,17H,1-2,7-12H2. The summed E-state index contributed by atoms with van der Waals surface area (Å²) in [5.74, 6) is 2.98. The Morgan fingerprint density at radius 3 is 2.52 bits per heavy atom. The van der Waals surface area contributed by atoms with Gasteiger partial charge in [-0.15, -0.1) is 0 Å². The van der Waals surface area contributed by atoms with Gasteiger partial charge in [0.25, 0.3) is 0 Å². The van der Waals surface area contributed by atoms with Crippen LogP contribution in [0, 0.1) is 5.92 Å². The number of hydrogen-bond donors (Lipinski definition) is 0. The Balaban J connectivity index is 1.17. The van der Waals surface area contributed by atoms with E-state index in [-0.39, 0.29) is 12.0 Å². The lowest BCUT2D eigenvalue weighted by atomic mass is 10.0. The maximum atomic E-state index is 11.9. The lowest BCUT2D eigenvalue weighted by Crippen LogP contribution is -2.56. The van der Waals surface area contributed by atoms with Gasteiger partial charge in [-0.1, -0.05) is 5.16 Å². The Bertz CT molecular complexity index is 803. The van der Waals surface area contributed by atoms with Gasteiger partial charge in [0.2, 0.25) is 17.6 Å². The summed E-state index contributed by atoms with van der Waals surface area (Å²) in [5, 5.41) is 4.12. The minimum atomic E-state index is 0.0869. The van der Waals surface area contributed by atoms with Crippen LogP contribution in [0.2, 0.25) is 0 Å². The van der Waals surface area contributed by atoms with Crippen LogP contribution in [0.1, 0.15) is 37.5 Å². The lowest BCUT2D eigenvalue weighted by Gasteiger charge is -2.39. The number of amides is 1. The number of carbonyl (C=O) groups excluding carboxylic acids is 1. The fraction of sp³-hybridized carbons (Fsp3) is 0.550. The van der Waals surface area contributed by atoms with Gasteiger partial charge in [0.15, 0.2) is 0 Å². The zero-order valence-corrected chi connectivity index (χ0v) is 15.2. The summed E-state index contributed by atoms with van der Waals surface area (Å²) in [4.78, 5) is 18.4. The van der Waals surface area contributed by atoms with Crippen molar-refractivity contribution in [3.63, 3.8) is 0 Å². The molecule has 0 unspecified atom stereocenters. The molecule has 3 aliphatic rings. The first-order valence-corrected chi connectivity index (χ1v) is 9.73. The third kappa shape index (κ3) is 3.56. The van der Waals surface area contributed by atoms with E-state index >= 15 is 0 Å².